The second-order valence-electron chi connectivity index (χ2n) is 5.64. The van der Waals surface area contributed by atoms with Crippen molar-refractivity contribution < 1.29 is 0 Å². The van der Waals surface area contributed by atoms with Gasteiger partial charge in [-0.25, -0.2) is 4.98 Å². The molecule has 0 spiro atoms. The molecule has 0 radical (unpaired) electrons. The molecule has 88 valence electrons. The van der Waals surface area contributed by atoms with Crippen molar-refractivity contribution in [1.82, 2.24) is 4.98 Å². The molecular weight excluding hydrogens is 264 g/mol. The molecule has 1 aromatic rings. The molecule has 2 unspecified atom stereocenters. The molecule has 16 heavy (non-hydrogen) atoms. The van der Waals surface area contributed by atoms with Crippen molar-refractivity contribution >= 4 is 21.6 Å². The van der Waals surface area contributed by atoms with E-state index in [-0.39, 0.29) is 0 Å². The molecule has 0 bridgehead atoms. The highest BCUT2D eigenvalue weighted by molar-refractivity contribution is 9.10. The highest BCUT2D eigenvalue weighted by atomic mass is 79.9. The summed E-state index contributed by atoms with van der Waals surface area (Å²) in [6.45, 7) is 7.03. The first-order valence-corrected chi connectivity index (χ1v) is 6.64. The van der Waals surface area contributed by atoms with Gasteiger partial charge in [0.05, 0.1) is 5.69 Å². The zero-order valence-corrected chi connectivity index (χ0v) is 11.7. The minimum absolute atomic E-state index is 0.464. The predicted octanol–water partition coefficient (Wildman–Crippen LogP) is 4.08. The maximum Gasteiger partial charge on any atom is 0.129 e. The van der Waals surface area contributed by atoms with E-state index in [4.69, 9.17) is 0 Å². The normalized spacial score (nSPS) is 28.0. The zero-order valence-electron chi connectivity index (χ0n) is 10.1. The standard InChI is InChI=1S/C13H19BrN2/c1-9-7-13(2,3)8-11(9)16-10-5-4-6-15-12(10)14/h4-6,9,11,16H,7-8H2,1-3H3. The number of aromatic nitrogens is 1. The number of anilines is 1. The molecule has 0 aliphatic heterocycles. The highest BCUT2D eigenvalue weighted by Gasteiger charge is 2.36. The van der Waals surface area contributed by atoms with Crippen molar-refractivity contribution in [2.45, 2.75) is 39.7 Å². The Morgan fingerprint density at radius 2 is 2.19 bits per heavy atom. The number of nitrogens with one attached hydrogen (secondary N) is 1. The summed E-state index contributed by atoms with van der Waals surface area (Å²) in [5, 5.41) is 3.61. The van der Waals surface area contributed by atoms with E-state index in [0.29, 0.717) is 11.5 Å². The minimum atomic E-state index is 0.464. The van der Waals surface area contributed by atoms with Crippen LogP contribution in [0.4, 0.5) is 5.69 Å². The number of pyridine rings is 1. The summed E-state index contributed by atoms with van der Waals surface area (Å²) in [7, 11) is 0. The van der Waals surface area contributed by atoms with Crippen LogP contribution in [0, 0.1) is 11.3 Å². The van der Waals surface area contributed by atoms with Gasteiger partial charge >= 0.3 is 0 Å². The molecule has 2 atom stereocenters. The van der Waals surface area contributed by atoms with Gasteiger partial charge in [0.25, 0.3) is 0 Å². The third-order valence-electron chi connectivity index (χ3n) is 3.43. The van der Waals surface area contributed by atoms with E-state index < -0.39 is 0 Å². The minimum Gasteiger partial charge on any atom is -0.380 e. The lowest BCUT2D eigenvalue weighted by Gasteiger charge is -2.20. The summed E-state index contributed by atoms with van der Waals surface area (Å²) < 4.78 is 0.909. The van der Waals surface area contributed by atoms with E-state index in [1.54, 1.807) is 6.20 Å². The summed E-state index contributed by atoms with van der Waals surface area (Å²) in [5.74, 6) is 0.724. The van der Waals surface area contributed by atoms with E-state index in [1.807, 2.05) is 6.07 Å². The van der Waals surface area contributed by atoms with Crippen LogP contribution in [-0.2, 0) is 0 Å². The first kappa shape index (κ1) is 11.9. The number of hydrogen-bond donors (Lipinski definition) is 1. The lowest BCUT2D eigenvalue weighted by Crippen LogP contribution is -2.22. The van der Waals surface area contributed by atoms with Crippen molar-refractivity contribution in [3.05, 3.63) is 22.9 Å². The van der Waals surface area contributed by atoms with E-state index in [9.17, 15) is 0 Å². The first-order valence-electron chi connectivity index (χ1n) is 5.85. The lowest BCUT2D eigenvalue weighted by molar-refractivity contribution is 0.366. The predicted molar refractivity (Wildman–Crippen MR) is 71.5 cm³/mol. The van der Waals surface area contributed by atoms with E-state index in [2.05, 4.69) is 53.1 Å². The zero-order chi connectivity index (χ0) is 11.8. The molecule has 0 amide bonds. The van der Waals surface area contributed by atoms with Crippen molar-refractivity contribution in [2.75, 3.05) is 5.32 Å². The monoisotopic (exact) mass is 282 g/mol. The van der Waals surface area contributed by atoms with Crippen molar-refractivity contribution in [3.8, 4) is 0 Å². The van der Waals surface area contributed by atoms with Gasteiger partial charge in [0.1, 0.15) is 4.60 Å². The summed E-state index contributed by atoms with van der Waals surface area (Å²) in [6, 6.07) is 4.61. The Morgan fingerprint density at radius 1 is 1.44 bits per heavy atom. The van der Waals surface area contributed by atoms with E-state index >= 15 is 0 Å². The summed E-state index contributed by atoms with van der Waals surface area (Å²) in [4.78, 5) is 4.24. The van der Waals surface area contributed by atoms with Gasteiger partial charge in [-0.1, -0.05) is 20.8 Å². The highest BCUT2D eigenvalue weighted by Crippen LogP contribution is 2.42. The number of hydrogen-bond acceptors (Lipinski definition) is 2. The molecule has 0 aromatic carbocycles. The van der Waals surface area contributed by atoms with Crippen molar-refractivity contribution in [3.63, 3.8) is 0 Å². The van der Waals surface area contributed by atoms with Crippen LogP contribution >= 0.6 is 15.9 Å². The fourth-order valence-corrected chi connectivity index (χ4v) is 3.15. The molecule has 2 rings (SSSR count). The van der Waals surface area contributed by atoms with E-state index in [1.165, 1.54) is 12.8 Å². The maximum absolute atomic E-state index is 4.24. The second-order valence-corrected chi connectivity index (χ2v) is 6.39. The Hall–Kier alpha value is -0.570. The summed E-state index contributed by atoms with van der Waals surface area (Å²) >= 11 is 3.48. The van der Waals surface area contributed by atoms with Gasteiger partial charge in [-0.15, -0.1) is 0 Å². The molecule has 1 aliphatic rings. The fraction of sp³-hybridized carbons (Fsp3) is 0.615. The molecule has 2 nitrogen and oxygen atoms in total. The Kier molecular flexibility index (Phi) is 3.24. The van der Waals surface area contributed by atoms with Crippen LogP contribution in [-0.4, -0.2) is 11.0 Å². The van der Waals surface area contributed by atoms with E-state index in [0.717, 1.165) is 16.2 Å². The molecule has 1 aromatic heterocycles. The van der Waals surface area contributed by atoms with Crippen LogP contribution in [0.5, 0.6) is 0 Å². The molecule has 1 heterocycles. The molecule has 1 saturated carbocycles. The molecular formula is C13H19BrN2. The van der Waals surface area contributed by atoms with Crippen LogP contribution in [0.1, 0.15) is 33.6 Å². The largest absolute Gasteiger partial charge is 0.380 e. The number of rotatable bonds is 2. The fourth-order valence-electron chi connectivity index (χ4n) is 2.78. The topological polar surface area (TPSA) is 24.9 Å². The number of nitrogens with zero attached hydrogens (tertiary/aromatic N) is 1. The van der Waals surface area contributed by atoms with Crippen LogP contribution < -0.4 is 5.32 Å². The summed E-state index contributed by atoms with van der Waals surface area (Å²) in [6.07, 6.45) is 4.33. The molecule has 1 fully saturated rings. The lowest BCUT2D eigenvalue weighted by atomic mass is 9.91. The Balaban J connectivity index is 2.09. The third-order valence-corrected chi connectivity index (χ3v) is 4.07. The average molecular weight is 283 g/mol. The van der Waals surface area contributed by atoms with Crippen molar-refractivity contribution in [2.24, 2.45) is 11.3 Å². The first-order chi connectivity index (χ1) is 7.48. The average Bonchev–Trinajstić information content (AvgIpc) is 2.44. The van der Waals surface area contributed by atoms with Crippen LogP contribution in [0.2, 0.25) is 0 Å². The van der Waals surface area contributed by atoms with Crippen LogP contribution in [0.25, 0.3) is 0 Å². The molecule has 0 saturated heterocycles. The smallest absolute Gasteiger partial charge is 0.129 e. The Bertz CT molecular complexity index is 376. The second kappa shape index (κ2) is 4.36. The van der Waals surface area contributed by atoms with Gasteiger partial charge in [-0.3, -0.25) is 0 Å². The van der Waals surface area contributed by atoms with Crippen LogP contribution in [0.3, 0.4) is 0 Å². The van der Waals surface area contributed by atoms with Crippen LogP contribution in [0.15, 0.2) is 22.9 Å². The van der Waals surface area contributed by atoms with Gasteiger partial charge in [0.2, 0.25) is 0 Å². The number of halogens is 1. The molecule has 1 aliphatic carbocycles. The Labute approximate surface area is 106 Å². The van der Waals surface area contributed by atoms with Crippen molar-refractivity contribution in [1.29, 1.82) is 0 Å². The summed E-state index contributed by atoms with van der Waals surface area (Å²) in [5.41, 5.74) is 1.57. The van der Waals surface area contributed by atoms with Gasteiger partial charge in [-0.2, -0.15) is 0 Å². The van der Waals surface area contributed by atoms with Gasteiger partial charge in [0, 0.05) is 12.2 Å². The third kappa shape index (κ3) is 2.57. The molecule has 1 N–H and O–H groups in total. The molecule has 3 heteroatoms. The van der Waals surface area contributed by atoms with Gasteiger partial charge < -0.3 is 5.32 Å². The Morgan fingerprint density at radius 3 is 2.75 bits per heavy atom. The maximum atomic E-state index is 4.24. The SMILES string of the molecule is CC1CC(C)(C)CC1Nc1cccnc1Br. The van der Waals surface area contributed by atoms with Gasteiger partial charge in [0.15, 0.2) is 0 Å². The quantitative estimate of drug-likeness (QED) is 0.827. The van der Waals surface area contributed by atoms with Gasteiger partial charge in [-0.05, 0) is 52.2 Å².